The van der Waals surface area contributed by atoms with Gasteiger partial charge in [0.1, 0.15) is 0 Å². The second-order valence-corrected chi connectivity index (χ2v) is 6.95. The minimum atomic E-state index is -0.374. The number of rotatable bonds is 6. The SMILES string of the molecule is O=C(CCCCCN1C(=O)c2ccccc2Sc2ccccc21)NO. The number of benzene rings is 2. The molecule has 0 atom stereocenters. The van der Waals surface area contributed by atoms with Crippen LogP contribution in [-0.4, -0.2) is 23.6 Å². The maximum absolute atomic E-state index is 13.0. The molecule has 0 saturated carbocycles. The van der Waals surface area contributed by atoms with E-state index in [-0.39, 0.29) is 11.8 Å². The number of hydroxylamine groups is 1. The van der Waals surface area contributed by atoms with Crippen molar-refractivity contribution in [3.63, 3.8) is 0 Å². The third-order valence-electron chi connectivity index (χ3n) is 4.15. The number of fused-ring (bicyclic) bond motifs is 2. The van der Waals surface area contributed by atoms with E-state index in [1.54, 1.807) is 17.2 Å². The Kier molecular flexibility index (Phi) is 5.73. The topological polar surface area (TPSA) is 69.6 Å². The molecule has 6 heteroatoms. The van der Waals surface area contributed by atoms with E-state index in [0.29, 0.717) is 19.4 Å². The monoisotopic (exact) mass is 356 g/mol. The van der Waals surface area contributed by atoms with Crippen molar-refractivity contribution in [2.24, 2.45) is 0 Å². The van der Waals surface area contributed by atoms with Gasteiger partial charge in [-0.15, -0.1) is 0 Å². The van der Waals surface area contributed by atoms with Gasteiger partial charge in [0, 0.05) is 22.8 Å². The fourth-order valence-corrected chi connectivity index (χ4v) is 3.96. The number of para-hydroxylation sites is 1. The molecule has 3 rings (SSSR count). The summed E-state index contributed by atoms with van der Waals surface area (Å²) in [6.07, 6.45) is 2.58. The van der Waals surface area contributed by atoms with E-state index in [4.69, 9.17) is 5.21 Å². The number of hydrogen-bond acceptors (Lipinski definition) is 4. The zero-order valence-electron chi connectivity index (χ0n) is 13.8. The second kappa shape index (κ2) is 8.18. The van der Waals surface area contributed by atoms with Crippen LogP contribution in [0.5, 0.6) is 0 Å². The first-order valence-electron chi connectivity index (χ1n) is 8.31. The summed E-state index contributed by atoms with van der Waals surface area (Å²) < 4.78 is 0. The van der Waals surface area contributed by atoms with Gasteiger partial charge in [0.2, 0.25) is 5.91 Å². The number of amides is 2. The van der Waals surface area contributed by atoms with Crippen LogP contribution < -0.4 is 10.4 Å². The van der Waals surface area contributed by atoms with Crippen molar-refractivity contribution >= 4 is 29.3 Å². The Morgan fingerprint density at radius 3 is 2.52 bits per heavy atom. The van der Waals surface area contributed by atoms with Crippen molar-refractivity contribution in [3.05, 3.63) is 54.1 Å². The van der Waals surface area contributed by atoms with Crippen LogP contribution in [0.15, 0.2) is 58.3 Å². The van der Waals surface area contributed by atoms with Gasteiger partial charge in [0.15, 0.2) is 0 Å². The highest BCUT2D eigenvalue weighted by Crippen LogP contribution is 2.41. The Morgan fingerprint density at radius 1 is 1.00 bits per heavy atom. The van der Waals surface area contributed by atoms with Crippen molar-refractivity contribution in [3.8, 4) is 0 Å². The van der Waals surface area contributed by atoms with Crippen LogP contribution in [0, 0.1) is 0 Å². The summed E-state index contributed by atoms with van der Waals surface area (Å²) in [5, 5.41) is 8.51. The lowest BCUT2D eigenvalue weighted by Crippen LogP contribution is -2.31. The van der Waals surface area contributed by atoms with Gasteiger partial charge < -0.3 is 4.90 Å². The molecule has 2 amide bonds. The third kappa shape index (κ3) is 4.03. The molecule has 130 valence electrons. The first-order chi connectivity index (χ1) is 12.2. The molecule has 1 heterocycles. The highest BCUT2D eigenvalue weighted by molar-refractivity contribution is 7.99. The van der Waals surface area contributed by atoms with Crippen LogP contribution >= 0.6 is 11.8 Å². The lowest BCUT2D eigenvalue weighted by Gasteiger charge is -2.23. The van der Waals surface area contributed by atoms with Gasteiger partial charge in [-0.05, 0) is 37.1 Å². The van der Waals surface area contributed by atoms with E-state index in [1.807, 2.05) is 53.4 Å². The number of unbranched alkanes of at least 4 members (excludes halogenated alkanes) is 2. The zero-order chi connectivity index (χ0) is 17.6. The lowest BCUT2D eigenvalue weighted by atomic mass is 10.1. The lowest BCUT2D eigenvalue weighted by molar-refractivity contribution is -0.129. The van der Waals surface area contributed by atoms with E-state index in [9.17, 15) is 9.59 Å². The third-order valence-corrected chi connectivity index (χ3v) is 5.29. The average Bonchev–Trinajstić information content (AvgIpc) is 2.76. The number of nitrogens with one attached hydrogen (secondary N) is 1. The van der Waals surface area contributed by atoms with E-state index in [0.717, 1.165) is 33.9 Å². The molecule has 0 unspecified atom stereocenters. The standard InChI is InChI=1S/C19H20N2O3S/c22-18(20-24)12-2-1-7-13-21-15-9-4-6-11-17(15)25-16-10-5-3-8-14(16)19(21)23/h3-6,8-11,24H,1-2,7,12-13H2,(H,20,22). The molecule has 0 aromatic heterocycles. The number of hydrogen-bond donors (Lipinski definition) is 2. The van der Waals surface area contributed by atoms with Crippen LogP contribution in [0.1, 0.15) is 36.0 Å². The van der Waals surface area contributed by atoms with Crippen LogP contribution in [0.2, 0.25) is 0 Å². The van der Waals surface area contributed by atoms with Gasteiger partial charge in [-0.3, -0.25) is 14.8 Å². The summed E-state index contributed by atoms with van der Waals surface area (Å²) in [6.45, 7) is 0.603. The molecule has 0 saturated heterocycles. The fourth-order valence-electron chi connectivity index (χ4n) is 2.88. The molecule has 2 N–H and O–H groups in total. The number of carbonyl (C=O) groups is 2. The first-order valence-corrected chi connectivity index (χ1v) is 9.13. The summed E-state index contributed by atoms with van der Waals surface area (Å²) in [7, 11) is 0. The predicted molar refractivity (Wildman–Crippen MR) is 97.1 cm³/mol. The van der Waals surface area contributed by atoms with Gasteiger partial charge in [-0.25, -0.2) is 5.48 Å². The van der Waals surface area contributed by atoms with Crippen molar-refractivity contribution in [1.82, 2.24) is 5.48 Å². The Hall–Kier alpha value is -2.31. The average molecular weight is 356 g/mol. The molecule has 0 fully saturated rings. The molecule has 0 bridgehead atoms. The maximum atomic E-state index is 13.0. The van der Waals surface area contributed by atoms with Crippen molar-refractivity contribution < 1.29 is 14.8 Å². The summed E-state index contributed by atoms with van der Waals surface area (Å²) in [5.74, 6) is -0.359. The maximum Gasteiger partial charge on any atom is 0.259 e. The number of anilines is 1. The highest BCUT2D eigenvalue weighted by Gasteiger charge is 2.26. The van der Waals surface area contributed by atoms with E-state index in [1.165, 1.54) is 0 Å². The Morgan fingerprint density at radius 2 is 1.72 bits per heavy atom. The van der Waals surface area contributed by atoms with E-state index in [2.05, 4.69) is 0 Å². The molecule has 0 radical (unpaired) electrons. The quantitative estimate of drug-likeness (QED) is 0.468. The minimum absolute atomic E-state index is 0.0150. The predicted octanol–water partition coefficient (Wildman–Crippen LogP) is 3.86. The van der Waals surface area contributed by atoms with E-state index >= 15 is 0 Å². The first kappa shape index (κ1) is 17.5. The van der Waals surface area contributed by atoms with Crippen molar-refractivity contribution in [2.45, 2.75) is 35.5 Å². The van der Waals surface area contributed by atoms with E-state index < -0.39 is 0 Å². The summed E-state index contributed by atoms with van der Waals surface area (Å²) >= 11 is 1.62. The number of nitrogens with zero attached hydrogens (tertiary/aromatic N) is 1. The Balaban J connectivity index is 1.75. The normalized spacial score (nSPS) is 13.0. The molecule has 2 aromatic carbocycles. The molecular weight excluding hydrogens is 336 g/mol. The van der Waals surface area contributed by atoms with Crippen molar-refractivity contribution in [2.75, 3.05) is 11.4 Å². The molecular formula is C19H20N2O3S. The molecule has 25 heavy (non-hydrogen) atoms. The van der Waals surface area contributed by atoms with Crippen LogP contribution in [0.4, 0.5) is 5.69 Å². The van der Waals surface area contributed by atoms with Crippen LogP contribution in [0.3, 0.4) is 0 Å². The Bertz CT molecular complexity index is 779. The van der Waals surface area contributed by atoms with Gasteiger partial charge in [0.05, 0.1) is 11.3 Å². The minimum Gasteiger partial charge on any atom is -0.307 e. The van der Waals surface area contributed by atoms with Gasteiger partial charge in [-0.1, -0.05) is 42.4 Å². The van der Waals surface area contributed by atoms with Gasteiger partial charge in [-0.2, -0.15) is 0 Å². The van der Waals surface area contributed by atoms with Gasteiger partial charge in [0.25, 0.3) is 5.91 Å². The summed E-state index contributed by atoms with van der Waals surface area (Å²) in [6, 6.07) is 15.6. The summed E-state index contributed by atoms with van der Waals surface area (Å²) in [4.78, 5) is 28.0. The van der Waals surface area contributed by atoms with Crippen LogP contribution in [0.25, 0.3) is 0 Å². The summed E-state index contributed by atoms with van der Waals surface area (Å²) in [5.41, 5.74) is 3.30. The second-order valence-electron chi connectivity index (χ2n) is 5.87. The molecule has 2 aromatic rings. The van der Waals surface area contributed by atoms with Crippen molar-refractivity contribution in [1.29, 1.82) is 0 Å². The van der Waals surface area contributed by atoms with Crippen LogP contribution in [-0.2, 0) is 4.79 Å². The fraction of sp³-hybridized carbons (Fsp3) is 0.263. The smallest absolute Gasteiger partial charge is 0.259 e. The molecule has 0 aliphatic carbocycles. The Labute approximate surface area is 151 Å². The molecule has 5 nitrogen and oxygen atoms in total. The molecule has 0 spiro atoms. The zero-order valence-corrected chi connectivity index (χ0v) is 14.6. The van der Waals surface area contributed by atoms with Gasteiger partial charge >= 0.3 is 0 Å². The number of carbonyl (C=O) groups excluding carboxylic acids is 2. The largest absolute Gasteiger partial charge is 0.307 e. The molecule has 1 aliphatic heterocycles. The molecule has 1 aliphatic rings. The highest BCUT2D eigenvalue weighted by atomic mass is 32.2.